The summed E-state index contributed by atoms with van der Waals surface area (Å²) in [5, 5.41) is 0.627. The van der Waals surface area contributed by atoms with E-state index in [0.29, 0.717) is 33.5 Å². The topological polar surface area (TPSA) is 36.4 Å². The number of benzene rings is 2. The lowest BCUT2D eigenvalue weighted by atomic mass is 10.2. The number of fused-ring (bicyclic) bond motifs is 1. The predicted molar refractivity (Wildman–Crippen MR) is 108 cm³/mol. The first-order valence-corrected chi connectivity index (χ1v) is 9.03. The summed E-state index contributed by atoms with van der Waals surface area (Å²) in [4.78, 5) is 20.6. The van der Waals surface area contributed by atoms with E-state index >= 15 is 0 Å². The number of amides is 1. The van der Waals surface area contributed by atoms with Crippen LogP contribution >= 0.6 is 35.3 Å². The Balaban J connectivity index is 0.00000261. The minimum absolute atomic E-state index is 0. The Bertz CT molecular complexity index is 965. The molecule has 0 spiro atoms. The zero-order valence-electron chi connectivity index (χ0n) is 14.6. The summed E-state index contributed by atoms with van der Waals surface area (Å²) in [7, 11) is 3.76. The summed E-state index contributed by atoms with van der Waals surface area (Å²) in [6.07, 6.45) is 0. The maximum Gasteiger partial charge on any atom is 0.261 e. The molecule has 1 aromatic heterocycles. The number of carbonyl (C=O) groups excluding carboxylic acids is 1. The van der Waals surface area contributed by atoms with Crippen LogP contribution in [0.15, 0.2) is 36.4 Å². The molecule has 0 bridgehead atoms. The maximum absolute atomic E-state index is 14.0. The number of anilines is 1. The number of likely N-dealkylation sites (N-methyl/N-ethyl adjacent to an activating group) is 1. The lowest BCUT2D eigenvalue weighted by Gasteiger charge is -2.22. The van der Waals surface area contributed by atoms with Crippen molar-refractivity contribution in [2.75, 3.05) is 32.1 Å². The number of carbonyl (C=O) groups is 1. The van der Waals surface area contributed by atoms with E-state index in [1.54, 1.807) is 24.3 Å². The Hall–Kier alpha value is -1.80. The first-order valence-electron chi connectivity index (χ1n) is 7.83. The highest BCUT2D eigenvalue weighted by atomic mass is 35.5. The molecule has 0 saturated carbocycles. The quantitative estimate of drug-likeness (QED) is 0.578. The Morgan fingerprint density at radius 1 is 1.19 bits per heavy atom. The van der Waals surface area contributed by atoms with Crippen LogP contribution in [0.1, 0.15) is 10.4 Å². The van der Waals surface area contributed by atoms with Gasteiger partial charge in [0.25, 0.3) is 5.91 Å². The van der Waals surface area contributed by atoms with Crippen LogP contribution in [0.3, 0.4) is 0 Å². The fraction of sp³-hybridized carbons (Fsp3) is 0.222. The van der Waals surface area contributed by atoms with Gasteiger partial charge in [-0.2, -0.15) is 0 Å². The average Bonchev–Trinajstić information content (AvgIpc) is 2.99. The number of aromatic nitrogens is 1. The lowest BCUT2D eigenvalue weighted by molar-refractivity contribution is 0.0985. The van der Waals surface area contributed by atoms with E-state index in [2.05, 4.69) is 4.98 Å². The molecule has 27 heavy (non-hydrogen) atoms. The summed E-state index contributed by atoms with van der Waals surface area (Å²) in [5.41, 5.74) is 0.382. The second-order valence-electron chi connectivity index (χ2n) is 5.97. The van der Waals surface area contributed by atoms with Crippen LogP contribution in [0, 0.1) is 11.6 Å². The molecule has 2 aromatic carbocycles. The fourth-order valence-electron chi connectivity index (χ4n) is 2.43. The van der Waals surface area contributed by atoms with Gasteiger partial charge in [-0.05, 0) is 32.3 Å². The highest BCUT2D eigenvalue weighted by Crippen LogP contribution is 2.32. The smallest absolute Gasteiger partial charge is 0.261 e. The number of halogens is 4. The Kier molecular flexibility index (Phi) is 7.11. The predicted octanol–water partition coefficient (Wildman–Crippen LogP) is 4.86. The first-order chi connectivity index (χ1) is 12.4. The van der Waals surface area contributed by atoms with Gasteiger partial charge in [0.05, 0.1) is 15.3 Å². The molecule has 1 heterocycles. The minimum Gasteiger partial charge on any atom is -0.308 e. The fourth-order valence-corrected chi connectivity index (χ4v) is 3.67. The monoisotopic (exact) mass is 431 g/mol. The van der Waals surface area contributed by atoms with Crippen LogP contribution in [0.2, 0.25) is 5.02 Å². The molecule has 3 aromatic rings. The number of thiazole rings is 1. The van der Waals surface area contributed by atoms with Crippen LogP contribution in [-0.2, 0) is 0 Å². The summed E-state index contributed by atoms with van der Waals surface area (Å²) in [6, 6.07) is 8.71. The molecule has 0 aliphatic carbocycles. The van der Waals surface area contributed by atoms with Crippen molar-refractivity contribution in [3.8, 4) is 0 Å². The molecular formula is C18H17Cl2F2N3OS. The van der Waals surface area contributed by atoms with Crippen molar-refractivity contribution in [3.63, 3.8) is 0 Å². The number of hydrogen-bond acceptors (Lipinski definition) is 4. The van der Waals surface area contributed by atoms with Gasteiger partial charge in [0.2, 0.25) is 0 Å². The van der Waals surface area contributed by atoms with Gasteiger partial charge < -0.3 is 4.90 Å². The Morgan fingerprint density at radius 2 is 1.89 bits per heavy atom. The second kappa shape index (κ2) is 8.93. The average molecular weight is 432 g/mol. The van der Waals surface area contributed by atoms with Gasteiger partial charge in [0.1, 0.15) is 11.3 Å². The van der Waals surface area contributed by atoms with Crippen LogP contribution in [0.4, 0.5) is 13.9 Å². The first kappa shape index (κ1) is 21.5. The molecule has 144 valence electrons. The molecule has 9 heteroatoms. The van der Waals surface area contributed by atoms with Crippen molar-refractivity contribution < 1.29 is 13.6 Å². The summed E-state index contributed by atoms with van der Waals surface area (Å²) in [5.74, 6) is -1.76. The SMILES string of the molecule is CN(C)CCN(C(=O)c1ccccc1Cl)c1nc2c(F)cc(F)cc2s1.Cl. The zero-order valence-corrected chi connectivity index (χ0v) is 17.0. The highest BCUT2D eigenvalue weighted by Gasteiger charge is 2.24. The molecule has 0 aliphatic rings. The normalized spacial score (nSPS) is 10.9. The van der Waals surface area contributed by atoms with Gasteiger partial charge in [-0.1, -0.05) is 35.1 Å². The van der Waals surface area contributed by atoms with Crippen molar-refractivity contribution in [1.82, 2.24) is 9.88 Å². The zero-order chi connectivity index (χ0) is 18.8. The van der Waals surface area contributed by atoms with E-state index < -0.39 is 11.6 Å². The molecule has 0 fully saturated rings. The molecule has 0 N–H and O–H groups in total. The summed E-state index contributed by atoms with van der Waals surface area (Å²) >= 11 is 7.22. The molecule has 0 aliphatic heterocycles. The minimum atomic E-state index is -0.750. The largest absolute Gasteiger partial charge is 0.308 e. The highest BCUT2D eigenvalue weighted by molar-refractivity contribution is 7.22. The molecule has 0 radical (unpaired) electrons. The van der Waals surface area contributed by atoms with E-state index in [9.17, 15) is 13.6 Å². The molecule has 0 atom stereocenters. The van der Waals surface area contributed by atoms with Gasteiger partial charge >= 0.3 is 0 Å². The standard InChI is InChI=1S/C18H16ClF2N3OS.ClH/c1-23(2)7-8-24(17(25)12-5-3-4-6-13(12)19)18-22-16-14(21)9-11(20)10-15(16)26-18;/h3-6,9-10H,7-8H2,1-2H3;1H. The third-order valence-electron chi connectivity index (χ3n) is 3.75. The van der Waals surface area contributed by atoms with E-state index in [-0.39, 0.29) is 23.8 Å². The molecular weight excluding hydrogens is 415 g/mol. The molecule has 0 saturated heterocycles. The molecule has 0 unspecified atom stereocenters. The van der Waals surface area contributed by atoms with Gasteiger partial charge in [-0.3, -0.25) is 9.69 Å². The summed E-state index contributed by atoms with van der Waals surface area (Å²) in [6.45, 7) is 0.907. The second-order valence-corrected chi connectivity index (χ2v) is 7.39. The Labute approximate surface area is 170 Å². The molecule has 4 nitrogen and oxygen atoms in total. The van der Waals surface area contributed by atoms with Crippen molar-refractivity contribution in [2.24, 2.45) is 0 Å². The van der Waals surface area contributed by atoms with Crippen molar-refractivity contribution in [1.29, 1.82) is 0 Å². The van der Waals surface area contributed by atoms with Crippen LogP contribution in [-0.4, -0.2) is 43.0 Å². The van der Waals surface area contributed by atoms with E-state index in [1.165, 1.54) is 11.0 Å². The molecule has 3 rings (SSSR count). The number of hydrogen-bond donors (Lipinski definition) is 0. The van der Waals surface area contributed by atoms with Crippen molar-refractivity contribution in [2.45, 2.75) is 0 Å². The third-order valence-corrected chi connectivity index (χ3v) is 5.11. The molecule has 1 amide bonds. The van der Waals surface area contributed by atoms with Gasteiger partial charge in [-0.15, -0.1) is 12.4 Å². The third kappa shape index (κ3) is 4.73. The number of rotatable bonds is 5. The van der Waals surface area contributed by atoms with Gasteiger partial charge in [-0.25, -0.2) is 13.8 Å². The van der Waals surface area contributed by atoms with Crippen LogP contribution in [0.25, 0.3) is 10.2 Å². The van der Waals surface area contributed by atoms with Crippen molar-refractivity contribution >= 4 is 56.6 Å². The van der Waals surface area contributed by atoms with Crippen LogP contribution in [0.5, 0.6) is 0 Å². The number of nitrogens with zero attached hydrogens (tertiary/aromatic N) is 3. The van der Waals surface area contributed by atoms with E-state index in [0.717, 1.165) is 17.4 Å². The van der Waals surface area contributed by atoms with E-state index in [1.807, 2.05) is 19.0 Å². The van der Waals surface area contributed by atoms with E-state index in [4.69, 9.17) is 11.6 Å². The van der Waals surface area contributed by atoms with Crippen molar-refractivity contribution in [3.05, 3.63) is 58.6 Å². The van der Waals surface area contributed by atoms with Gasteiger partial charge in [0, 0.05) is 19.2 Å². The van der Waals surface area contributed by atoms with Crippen LogP contribution < -0.4 is 4.90 Å². The van der Waals surface area contributed by atoms with Gasteiger partial charge in [0.15, 0.2) is 10.9 Å². The Morgan fingerprint density at radius 3 is 2.56 bits per heavy atom. The maximum atomic E-state index is 14.0. The summed E-state index contributed by atoms with van der Waals surface area (Å²) < 4.78 is 27.8. The lowest BCUT2D eigenvalue weighted by Crippen LogP contribution is -2.36.